The molecule has 0 radical (unpaired) electrons. The average Bonchev–Trinajstić information content (AvgIpc) is 2.11. The van der Waals surface area contributed by atoms with Crippen molar-refractivity contribution in [1.29, 1.82) is 0 Å². The Morgan fingerprint density at radius 3 is 1.89 bits per heavy atom. The summed E-state index contributed by atoms with van der Waals surface area (Å²) in [6.07, 6.45) is 5.75. The van der Waals surface area contributed by atoms with E-state index in [1.807, 2.05) is 0 Å². The monoisotopic (exact) mass is 301 g/mol. The standard InChI is InChI=1S/C13H27NOSSi2/c1-9-11(14(10-2)18(6,7)8)12(13(15)16)17(3,4)5/h1,11-12H,10H2,2-8H3,(H,15,16). The van der Waals surface area contributed by atoms with Crippen molar-refractivity contribution < 1.29 is 4.79 Å². The molecule has 2 atom stereocenters. The summed E-state index contributed by atoms with van der Waals surface area (Å²) in [6, 6.07) is -0.0988. The fraction of sp³-hybridized carbons (Fsp3) is 0.769. The third kappa shape index (κ3) is 4.58. The largest absolute Gasteiger partial charge is 0.311 e. The van der Waals surface area contributed by atoms with Gasteiger partial charge < -0.3 is 4.57 Å². The van der Waals surface area contributed by atoms with Crippen molar-refractivity contribution in [2.75, 3.05) is 6.54 Å². The van der Waals surface area contributed by atoms with Crippen LogP contribution in [0.1, 0.15) is 6.92 Å². The Morgan fingerprint density at radius 2 is 1.72 bits per heavy atom. The van der Waals surface area contributed by atoms with Crippen LogP contribution < -0.4 is 0 Å². The lowest BCUT2D eigenvalue weighted by Crippen LogP contribution is -2.56. The zero-order chi connectivity index (χ0) is 14.7. The van der Waals surface area contributed by atoms with Gasteiger partial charge in [-0.05, 0) is 6.54 Å². The average molecular weight is 302 g/mol. The van der Waals surface area contributed by atoms with E-state index in [0.717, 1.165) is 6.54 Å². The number of carbonyl (C=O) groups excluding carboxylic acids is 1. The Labute approximate surface area is 120 Å². The van der Waals surface area contributed by atoms with Gasteiger partial charge in [-0.1, -0.05) is 52.1 Å². The molecule has 0 N–H and O–H groups in total. The maximum Gasteiger partial charge on any atom is 0.188 e. The molecule has 0 spiro atoms. The highest BCUT2D eigenvalue weighted by atomic mass is 32.1. The molecule has 0 saturated heterocycles. The molecule has 2 nitrogen and oxygen atoms in total. The van der Waals surface area contributed by atoms with Crippen LogP contribution >= 0.6 is 12.6 Å². The van der Waals surface area contributed by atoms with Crippen molar-refractivity contribution in [1.82, 2.24) is 4.57 Å². The summed E-state index contributed by atoms with van der Waals surface area (Å²) < 4.78 is 2.37. The molecule has 0 bridgehead atoms. The Hall–Kier alpha value is -0.0262. The van der Waals surface area contributed by atoms with Gasteiger partial charge in [0.25, 0.3) is 0 Å². The predicted octanol–water partition coefficient (Wildman–Crippen LogP) is 3.31. The maximum absolute atomic E-state index is 11.9. The predicted molar refractivity (Wildman–Crippen MR) is 89.4 cm³/mol. The number of hydrogen-bond donors (Lipinski definition) is 1. The van der Waals surface area contributed by atoms with Gasteiger partial charge in [0, 0.05) is 5.54 Å². The first-order valence-electron chi connectivity index (χ1n) is 6.42. The molecule has 2 unspecified atom stereocenters. The minimum Gasteiger partial charge on any atom is -0.311 e. The number of terminal acetylenes is 1. The van der Waals surface area contributed by atoms with Crippen molar-refractivity contribution in [2.24, 2.45) is 0 Å². The number of nitrogens with zero attached hydrogens (tertiary/aromatic N) is 1. The second kappa shape index (κ2) is 6.42. The van der Waals surface area contributed by atoms with Crippen LogP contribution in [0.25, 0.3) is 0 Å². The van der Waals surface area contributed by atoms with Crippen LogP contribution in [0.5, 0.6) is 0 Å². The highest BCUT2D eigenvalue weighted by Crippen LogP contribution is 2.33. The van der Waals surface area contributed by atoms with Gasteiger partial charge in [0.15, 0.2) is 5.12 Å². The maximum atomic E-state index is 11.9. The molecular weight excluding hydrogens is 274 g/mol. The first-order valence-corrected chi connectivity index (χ1v) is 13.9. The zero-order valence-electron chi connectivity index (χ0n) is 12.7. The van der Waals surface area contributed by atoms with Crippen LogP contribution in [-0.4, -0.2) is 38.6 Å². The molecule has 0 saturated carbocycles. The molecule has 0 aromatic heterocycles. The topological polar surface area (TPSA) is 20.3 Å². The molecule has 104 valence electrons. The second-order valence-electron chi connectivity index (χ2n) is 6.75. The van der Waals surface area contributed by atoms with Gasteiger partial charge in [-0.25, -0.2) is 0 Å². The Bertz CT molecular complexity index is 338. The van der Waals surface area contributed by atoms with Crippen LogP contribution in [0.2, 0.25) is 44.8 Å². The van der Waals surface area contributed by atoms with Crippen LogP contribution in [0.3, 0.4) is 0 Å². The Morgan fingerprint density at radius 1 is 1.28 bits per heavy atom. The Balaban J connectivity index is 5.53. The molecule has 0 aliphatic carbocycles. The molecule has 0 aliphatic rings. The van der Waals surface area contributed by atoms with Gasteiger partial charge in [-0.15, -0.1) is 19.1 Å². The summed E-state index contributed by atoms with van der Waals surface area (Å²) in [5.74, 6) is 2.87. The van der Waals surface area contributed by atoms with Crippen LogP contribution in [0, 0.1) is 12.3 Å². The summed E-state index contributed by atoms with van der Waals surface area (Å²) >= 11 is 4.10. The van der Waals surface area contributed by atoms with Crippen molar-refractivity contribution >= 4 is 34.1 Å². The van der Waals surface area contributed by atoms with E-state index >= 15 is 0 Å². The molecule has 0 rings (SSSR count). The smallest absolute Gasteiger partial charge is 0.188 e. The highest BCUT2D eigenvalue weighted by molar-refractivity contribution is 7.97. The lowest BCUT2D eigenvalue weighted by atomic mass is 10.2. The van der Waals surface area contributed by atoms with E-state index < -0.39 is 16.3 Å². The zero-order valence-corrected chi connectivity index (χ0v) is 15.6. The normalized spacial score (nSPS) is 16.2. The molecule has 18 heavy (non-hydrogen) atoms. The van der Waals surface area contributed by atoms with Crippen molar-refractivity contribution in [3.05, 3.63) is 0 Å². The summed E-state index contributed by atoms with van der Waals surface area (Å²) in [5.41, 5.74) is -0.0995. The fourth-order valence-corrected chi connectivity index (χ4v) is 7.86. The van der Waals surface area contributed by atoms with Crippen molar-refractivity contribution in [3.8, 4) is 12.3 Å². The first-order chi connectivity index (χ1) is 7.96. The highest BCUT2D eigenvalue weighted by Gasteiger charge is 2.42. The minimum absolute atomic E-state index is 0.0474. The minimum atomic E-state index is -1.68. The van der Waals surface area contributed by atoms with E-state index in [9.17, 15) is 4.79 Å². The van der Waals surface area contributed by atoms with Gasteiger partial charge >= 0.3 is 0 Å². The fourth-order valence-electron chi connectivity index (χ4n) is 2.43. The van der Waals surface area contributed by atoms with Gasteiger partial charge in [-0.2, -0.15) is 0 Å². The van der Waals surface area contributed by atoms with Crippen LogP contribution in [0.4, 0.5) is 0 Å². The van der Waals surface area contributed by atoms with Crippen LogP contribution in [0.15, 0.2) is 0 Å². The molecule has 5 heteroatoms. The lowest BCUT2D eigenvalue weighted by Gasteiger charge is -2.43. The third-order valence-corrected chi connectivity index (χ3v) is 8.51. The number of thiol groups is 1. The van der Waals surface area contributed by atoms with Gasteiger partial charge in [0.1, 0.15) is 8.24 Å². The third-order valence-electron chi connectivity index (χ3n) is 3.22. The van der Waals surface area contributed by atoms with Gasteiger partial charge in [0.05, 0.1) is 14.1 Å². The summed E-state index contributed by atoms with van der Waals surface area (Å²) in [5, 5.41) is -0.0474. The molecule has 0 aromatic carbocycles. The second-order valence-corrected chi connectivity index (χ2v) is 17.5. The van der Waals surface area contributed by atoms with Crippen molar-refractivity contribution in [3.63, 3.8) is 0 Å². The quantitative estimate of drug-likeness (QED) is 0.461. The van der Waals surface area contributed by atoms with E-state index in [2.05, 4.69) is 69.3 Å². The number of carbonyl (C=O) groups is 1. The molecular formula is C13H27NOSSi2. The van der Waals surface area contributed by atoms with E-state index in [1.165, 1.54) is 0 Å². The van der Waals surface area contributed by atoms with Gasteiger partial charge in [0.2, 0.25) is 0 Å². The first kappa shape index (κ1) is 18.0. The van der Waals surface area contributed by atoms with E-state index in [0.29, 0.717) is 0 Å². The number of rotatable bonds is 6. The molecule has 0 aromatic rings. The molecule has 0 heterocycles. The molecule has 0 amide bonds. The van der Waals surface area contributed by atoms with E-state index in [-0.39, 0.29) is 16.7 Å². The summed E-state index contributed by atoms with van der Waals surface area (Å²) in [7, 11) is -3.21. The number of hydrogen-bond acceptors (Lipinski definition) is 2. The summed E-state index contributed by atoms with van der Waals surface area (Å²) in [6.45, 7) is 16.4. The Kier molecular flexibility index (Phi) is 6.41. The molecule has 0 fully saturated rings. The van der Waals surface area contributed by atoms with Crippen LogP contribution in [-0.2, 0) is 4.79 Å². The molecule has 0 aliphatic heterocycles. The van der Waals surface area contributed by atoms with Gasteiger partial charge in [-0.3, -0.25) is 4.79 Å². The van der Waals surface area contributed by atoms with E-state index in [4.69, 9.17) is 6.42 Å². The SMILES string of the molecule is C#CC(C(C(=O)S)[Si](C)(C)C)N(CC)[Si](C)(C)C. The van der Waals surface area contributed by atoms with E-state index in [1.54, 1.807) is 0 Å². The lowest BCUT2D eigenvalue weighted by molar-refractivity contribution is -0.111. The van der Waals surface area contributed by atoms with Crippen molar-refractivity contribution in [2.45, 2.75) is 57.8 Å². The summed E-state index contributed by atoms with van der Waals surface area (Å²) in [4.78, 5) is 11.9.